The zero-order valence-corrected chi connectivity index (χ0v) is 12.4. The van der Waals surface area contributed by atoms with Gasteiger partial charge in [-0.1, -0.05) is 6.92 Å². The molecule has 0 aromatic heterocycles. The molecule has 3 atom stereocenters. The number of hydrogen-bond acceptors (Lipinski definition) is 2. The van der Waals surface area contributed by atoms with Crippen LogP contribution in [0.5, 0.6) is 0 Å². The molecule has 2 rings (SSSR count). The van der Waals surface area contributed by atoms with E-state index in [4.69, 9.17) is 0 Å². The average molecular weight is 264 g/mol. The van der Waals surface area contributed by atoms with Gasteiger partial charge in [-0.25, -0.2) is 4.39 Å². The second-order valence-electron chi connectivity index (χ2n) is 5.61. The molecule has 0 saturated carbocycles. The second kappa shape index (κ2) is 5.91. The van der Waals surface area contributed by atoms with Crippen LogP contribution < -0.4 is 10.2 Å². The highest BCUT2D eigenvalue weighted by Crippen LogP contribution is 2.36. The largest absolute Gasteiger partial charge is 0.366 e. The van der Waals surface area contributed by atoms with Crippen molar-refractivity contribution in [3.8, 4) is 0 Å². The Morgan fingerprint density at radius 2 is 2.16 bits per heavy atom. The van der Waals surface area contributed by atoms with Gasteiger partial charge in [0.1, 0.15) is 5.82 Å². The average Bonchev–Trinajstić information content (AvgIpc) is 2.79. The third kappa shape index (κ3) is 2.76. The summed E-state index contributed by atoms with van der Waals surface area (Å²) in [6, 6.07) is 6.49. The summed E-state index contributed by atoms with van der Waals surface area (Å²) in [5, 5.41) is 3.23. The van der Waals surface area contributed by atoms with Gasteiger partial charge in [-0.2, -0.15) is 0 Å². The molecule has 3 heteroatoms. The topological polar surface area (TPSA) is 15.3 Å². The third-order valence-corrected chi connectivity index (χ3v) is 4.42. The van der Waals surface area contributed by atoms with E-state index < -0.39 is 0 Å². The number of nitrogens with zero attached hydrogens (tertiary/aromatic N) is 1. The number of nitrogens with one attached hydrogen (secondary N) is 1. The van der Waals surface area contributed by atoms with Crippen molar-refractivity contribution in [3.05, 3.63) is 29.6 Å². The Morgan fingerprint density at radius 3 is 2.79 bits per heavy atom. The van der Waals surface area contributed by atoms with Crippen LogP contribution in [0.2, 0.25) is 0 Å². The van der Waals surface area contributed by atoms with Crippen LogP contribution in [0, 0.1) is 5.82 Å². The van der Waals surface area contributed by atoms with Crippen molar-refractivity contribution in [2.45, 2.75) is 58.2 Å². The van der Waals surface area contributed by atoms with Crippen LogP contribution in [-0.4, -0.2) is 19.1 Å². The summed E-state index contributed by atoms with van der Waals surface area (Å²) in [6.45, 7) is 6.59. The van der Waals surface area contributed by atoms with Crippen LogP contribution in [-0.2, 0) is 0 Å². The lowest BCUT2D eigenvalue weighted by Gasteiger charge is -2.33. The van der Waals surface area contributed by atoms with Gasteiger partial charge in [0.15, 0.2) is 0 Å². The molecule has 1 aromatic carbocycles. The molecule has 0 amide bonds. The van der Waals surface area contributed by atoms with Crippen LogP contribution in [0.1, 0.15) is 51.6 Å². The summed E-state index contributed by atoms with van der Waals surface area (Å²) in [5.41, 5.74) is 2.26. The van der Waals surface area contributed by atoms with Crippen LogP contribution >= 0.6 is 0 Å². The fourth-order valence-corrected chi connectivity index (χ4v) is 3.17. The summed E-state index contributed by atoms with van der Waals surface area (Å²) in [4.78, 5) is 2.49. The summed E-state index contributed by atoms with van der Waals surface area (Å²) in [6.07, 6.45) is 3.61. The van der Waals surface area contributed by atoms with Gasteiger partial charge in [-0.15, -0.1) is 0 Å². The molecule has 106 valence electrons. The molecular weight excluding hydrogens is 239 g/mol. The molecule has 19 heavy (non-hydrogen) atoms. The third-order valence-electron chi connectivity index (χ3n) is 4.42. The van der Waals surface area contributed by atoms with E-state index >= 15 is 0 Å². The zero-order valence-electron chi connectivity index (χ0n) is 12.4. The highest BCUT2D eigenvalue weighted by molar-refractivity contribution is 5.57. The lowest BCUT2D eigenvalue weighted by molar-refractivity contribution is 0.591. The molecule has 0 aliphatic carbocycles. The SMILES string of the molecule is CCC1CCC(C)N1c1ccc(F)cc1C(C)NC. The van der Waals surface area contributed by atoms with E-state index in [2.05, 4.69) is 31.0 Å². The van der Waals surface area contributed by atoms with E-state index in [1.165, 1.54) is 18.5 Å². The Labute approximate surface area is 116 Å². The Hall–Kier alpha value is -1.09. The van der Waals surface area contributed by atoms with E-state index in [9.17, 15) is 4.39 Å². The predicted octanol–water partition coefficient (Wildman–Crippen LogP) is 3.87. The van der Waals surface area contributed by atoms with Crippen molar-refractivity contribution < 1.29 is 4.39 Å². The molecule has 1 N–H and O–H groups in total. The Bertz CT molecular complexity index is 433. The highest BCUT2D eigenvalue weighted by Gasteiger charge is 2.31. The minimum absolute atomic E-state index is 0.152. The van der Waals surface area contributed by atoms with E-state index in [0.29, 0.717) is 12.1 Å². The van der Waals surface area contributed by atoms with Gasteiger partial charge in [-0.05, 0) is 63.9 Å². The van der Waals surface area contributed by atoms with Gasteiger partial charge >= 0.3 is 0 Å². The molecular formula is C16H25FN2. The fourth-order valence-electron chi connectivity index (χ4n) is 3.17. The minimum atomic E-state index is -0.152. The maximum absolute atomic E-state index is 13.6. The van der Waals surface area contributed by atoms with Gasteiger partial charge in [0.05, 0.1) is 0 Å². The van der Waals surface area contributed by atoms with Gasteiger partial charge in [0.2, 0.25) is 0 Å². The number of rotatable bonds is 4. The molecule has 2 nitrogen and oxygen atoms in total. The van der Waals surface area contributed by atoms with Gasteiger partial charge in [-0.3, -0.25) is 0 Å². The lowest BCUT2D eigenvalue weighted by atomic mass is 10.0. The van der Waals surface area contributed by atoms with Crippen LogP contribution in [0.4, 0.5) is 10.1 Å². The van der Waals surface area contributed by atoms with E-state index in [1.54, 1.807) is 12.1 Å². The molecule has 1 aliphatic rings. The van der Waals surface area contributed by atoms with Gasteiger partial charge in [0, 0.05) is 23.8 Å². The number of halogens is 1. The monoisotopic (exact) mass is 264 g/mol. The maximum atomic E-state index is 13.6. The Kier molecular flexibility index (Phi) is 4.46. The van der Waals surface area contributed by atoms with Crippen LogP contribution in [0.15, 0.2) is 18.2 Å². The molecule has 1 aliphatic heterocycles. The molecule has 1 heterocycles. The van der Waals surface area contributed by atoms with Crippen molar-refractivity contribution in [3.63, 3.8) is 0 Å². The molecule has 3 unspecified atom stereocenters. The van der Waals surface area contributed by atoms with Crippen LogP contribution in [0.3, 0.4) is 0 Å². The second-order valence-corrected chi connectivity index (χ2v) is 5.61. The summed E-state index contributed by atoms with van der Waals surface area (Å²) in [7, 11) is 1.92. The fraction of sp³-hybridized carbons (Fsp3) is 0.625. The van der Waals surface area contributed by atoms with Crippen molar-refractivity contribution in [2.24, 2.45) is 0 Å². The van der Waals surface area contributed by atoms with Gasteiger partial charge < -0.3 is 10.2 Å². The van der Waals surface area contributed by atoms with Crippen LogP contribution in [0.25, 0.3) is 0 Å². The predicted molar refractivity (Wildman–Crippen MR) is 79.1 cm³/mol. The first-order valence-corrected chi connectivity index (χ1v) is 7.33. The summed E-state index contributed by atoms with van der Waals surface area (Å²) >= 11 is 0. The molecule has 1 fully saturated rings. The maximum Gasteiger partial charge on any atom is 0.123 e. The number of benzene rings is 1. The quantitative estimate of drug-likeness (QED) is 0.888. The molecule has 0 spiro atoms. The first-order valence-electron chi connectivity index (χ1n) is 7.33. The molecule has 0 bridgehead atoms. The normalized spacial score (nSPS) is 24.8. The summed E-state index contributed by atoms with van der Waals surface area (Å²) < 4.78 is 13.6. The molecule has 1 saturated heterocycles. The van der Waals surface area contributed by atoms with E-state index in [0.717, 1.165) is 12.0 Å². The smallest absolute Gasteiger partial charge is 0.123 e. The number of hydrogen-bond donors (Lipinski definition) is 1. The van der Waals surface area contributed by atoms with Crippen molar-refractivity contribution >= 4 is 5.69 Å². The Morgan fingerprint density at radius 1 is 1.42 bits per heavy atom. The first kappa shape index (κ1) is 14.3. The summed E-state index contributed by atoms with van der Waals surface area (Å²) in [5.74, 6) is -0.152. The molecule has 0 radical (unpaired) electrons. The van der Waals surface area contributed by atoms with E-state index in [-0.39, 0.29) is 11.9 Å². The first-order chi connectivity index (χ1) is 9.08. The highest BCUT2D eigenvalue weighted by atomic mass is 19.1. The van der Waals surface area contributed by atoms with Crippen molar-refractivity contribution in [1.82, 2.24) is 5.32 Å². The minimum Gasteiger partial charge on any atom is -0.366 e. The number of anilines is 1. The van der Waals surface area contributed by atoms with E-state index in [1.807, 2.05) is 13.1 Å². The standard InChI is InChI=1S/C16H25FN2/c1-5-14-8-6-11(2)19(14)16-9-7-13(17)10-15(16)12(3)18-4/h7,9-12,14,18H,5-6,8H2,1-4H3. The zero-order chi connectivity index (χ0) is 14.0. The van der Waals surface area contributed by atoms with Crippen molar-refractivity contribution in [2.75, 3.05) is 11.9 Å². The lowest BCUT2D eigenvalue weighted by Crippen LogP contribution is -2.35. The Balaban J connectivity index is 2.43. The van der Waals surface area contributed by atoms with Crippen molar-refractivity contribution in [1.29, 1.82) is 0 Å². The van der Waals surface area contributed by atoms with Gasteiger partial charge in [0.25, 0.3) is 0 Å². The molecule has 1 aromatic rings.